The van der Waals surface area contributed by atoms with E-state index in [0.717, 1.165) is 0 Å². The SMILES string of the molecule is [C-]#[N+]CCn1nnnc1CC[C@H](NC(=O)c1ccc(N)cn1)C(=O)OC. The van der Waals surface area contributed by atoms with Crippen molar-refractivity contribution in [1.82, 2.24) is 30.5 Å². The number of aryl methyl sites for hydroxylation is 1. The summed E-state index contributed by atoms with van der Waals surface area (Å²) in [5.74, 6) is -0.593. The molecule has 0 unspecified atom stereocenters. The number of rotatable bonds is 8. The molecule has 11 heteroatoms. The number of nitrogens with two attached hydrogens (primary N) is 1. The highest BCUT2D eigenvalue weighted by Crippen LogP contribution is 2.06. The quantitative estimate of drug-likeness (QED) is 0.474. The van der Waals surface area contributed by atoms with E-state index in [2.05, 4.69) is 30.7 Å². The van der Waals surface area contributed by atoms with E-state index in [1.54, 1.807) is 6.07 Å². The monoisotopic (exact) mass is 358 g/mol. The Bertz CT molecular complexity index is 796. The lowest BCUT2D eigenvalue weighted by Gasteiger charge is -2.16. The van der Waals surface area contributed by atoms with Gasteiger partial charge in [0.25, 0.3) is 5.91 Å². The van der Waals surface area contributed by atoms with Crippen molar-refractivity contribution in [3.63, 3.8) is 0 Å². The highest BCUT2D eigenvalue weighted by molar-refractivity contribution is 5.95. The van der Waals surface area contributed by atoms with E-state index >= 15 is 0 Å². The first kappa shape index (κ1) is 18.8. The predicted octanol–water partition coefficient (Wildman–Crippen LogP) is -0.526. The fraction of sp³-hybridized carbons (Fsp3) is 0.400. The van der Waals surface area contributed by atoms with Gasteiger partial charge in [0, 0.05) is 6.42 Å². The minimum Gasteiger partial charge on any atom is -0.467 e. The van der Waals surface area contributed by atoms with E-state index in [1.807, 2.05) is 0 Å². The Hall–Kier alpha value is -3.55. The van der Waals surface area contributed by atoms with Crippen LogP contribution in [0.4, 0.5) is 5.69 Å². The molecule has 2 heterocycles. The second kappa shape index (κ2) is 9.07. The standard InChI is InChI=1S/C15H18N8O3/c1-17-7-8-23-13(20-21-22-23)6-5-12(15(25)26-2)19-14(24)11-4-3-10(16)9-18-11/h3-4,9,12H,5-8,16H2,2H3,(H,19,24)/t12-/m0/s1. The number of anilines is 1. The summed E-state index contributed by atoms with van der Waals surface area (Å²) in [6.45, 7) is 7.43. The smallest absolute Gasteiger partial charge is 0.328 e. The minimum atomic E-state index is -0.891. The predicted molar refractivity (Wildman–Crippen MR) is 89.5 cm³/mol. The van der Waals surface area contributed by atoms with Crippen LogP contribution in [0.5, 0.6) is 0 Å². The third kappa shape index (κ3) is 4.97. The average molecular weight is 358 g/mol. The highest BCUT2D eigenvalue weighted by Gasteiger charge is 2.23. The van der Waals surface area contributed by atoms with Gasteiger partial charge in [0.2, 0.25) is 6.54 Å². The maximum atomic E-state index is 12.3. The lowest BCUT2D eigenvalue weighted by molar-refractivity contribution is -0.143. The summed E-state index contributed by atoms with van der Waals surface area (Å²) < 4.78 is 6.24. The number of carbonyl (C=O) groups excluding carboxylic acids is 2. The molecule has 136 valence electrons. The highest BCUT2D eigenvalue weighted by atomic mass is 16.5. The molecule has 1 atom stereocenters. The third-order valence-electron chi connectivity index (χ3n) is 3.50. The maximum absolute atomic E-state index is 12.3. The summed E-state index contributed by atoms with van der Waals surface area (Å²) in [7, 11) is 1.24. The minimum absolute atomic E-state index is 0.134. The van der Waals surface area contributed by atoms with Crippen LogP contribution in [-0.4, -0.2) is 56.8 Å². The number of aromatic nitrogens is 5. The number of amides is 1. The van der Waals surface area contributed by atoms with Crippen molar-refractivity contribution in [3.8, 4) is 0 Å². The number of methoxy groups -OCH3 is 1. The van der Waals surface area contributed by atoms with Crippen molar-refractivity contribution in [3.05, 3.63) is 41.3 Å². The number of nitrogen functional groups attached to an aromatic ring is 1. The van der Waals surface area contributed by atoms with Crippen molar-refractivity contribution in [2.45, 2.75) is 25.4 Å². The summed E-state index contributed by atoms with van der Waals surface area (Å²) in [5.41, 5.74) is 6.10. The van der Waals surface area contributed by atoms with E-state index in [1.165, 1.54) is 24.1 Å². The maximum Gasteiger partial charge on any atom is 0.328 e. The van der Waals surface area contributed by atoms with Crippen LogP contribution in [0.15, 0.2) is 18.3 Å². The van der Waals surface area contributed by atoms with E-state index in [9.17, 15) is 9.59 Å². The number of tetrazole rings is 1. The van der Waals surface area contributed by atoms with Gasteiger partial charge in [-0.1, -0.05) is 0 Å². The van der Waals surface area contributed by atoms with Gasteiger partial charge in [-0.2, -0.15) is 0 Å². The van der Waals surface area contributed by atoms with Crippen LogP contribution in [-0.2, 0) is 22.5 Å². The van der Waals surface area contributed by atoms with Gasteiger partial charge in [0.1, 0.15) is 18.3 Å². The van der Waals surface area contributed by atoms with Gasteiger partial charge >= 0.3 is 5.97 Å². The van der Waals surface area contributed by atoms with E-state index in [-0.39, 0.29) is 18.7 Å². The molecule has 0 saturated carbocycles. The number of pyridine rings is 1. The molecule has 26 heavy (non-hydrogen) atoms. The molecule has 0 spiro atoms. The van der Waals surface area contributed by atoms with Crippen LogP contribution in [0.2, 0.25) is 0 Å². The van der Waals surface area contributed by atoms with Gasteiger partial charge in [-0.3, -0.25) is 4.79 Å². The molecule has 0 aromatic carbocycles. The number of nitrogens with one attached hydrogen (secondary N) is 1. The van der Waals surface area contributed by atoms with Crippen molar-refractivity contribution in [2.24, 2.45) is 0 Å². The second-order valence-electron chi connectivity index (χ2n) is 5.26. The summed E-state index contributed by atoms with van der Waals surface area (Å²) in [6.07, 6.45) is 1.90. The lowest BCUT2D eigenvalue weighted by Crippen LogP contribution is -2.42. The molecule has 11 nitrogen and oxygen atoms in total. The molecular weight excluding hydrogens is 340 g/mol. The Kier molecular flexibility index (Phi) is 6.55. The van der Waals surface area contributed by atoms with Crippen LogP contribution < -0.4 is 11.1 Å². The van der Waals surface area contributed by atoms with E-state index in [0.29, 0.717) is 24.5 Å². The van der Waals surface area contributed by atoms with Gasteiger partial charge < -0.3 is 20.6 Å². The molecule has 2 rings (SSSR count). The molecule has 0 saturated heterocycles. The summed E-state index contributed by atoms with van der Waals surface area (Å²) in [6, 6.07) is 2.11. The number of carbonyl (C=O) groups is 2. The van der Waals surface area contributed by atoms with Crippen molar-refractivity contribution >= 4 is 17.6 Å². The number of hydrogen-bond acceptors (Lipinski definition) is 8. The zero-order valence-corrected chi connectivity index (χ0v) is 14.1. The Morgan fingerprint density at radius 3 is 2.92 bits per heavy atom. The third-order valence-corrected chi connectivity index (χ3v) is 3.50. The molecule has 2 aromatic heterocycles. The van der Waals surface area contributed by atoms with Crippen LogP contribution in [0.25, 0.3) is 4.85 Å². The van der Waals surface area contributed by atoms with Gasteiger partial charge in [-0.25, -0.2) is 21.0 Å². The largest absolute Gasteiger partial charge is 0.467 e. The number of hydrogen-bond donors (Lipinski definition) is 2. The van der Waals surface area contributed by atoms with Gasteiger partial charge in [-0.05, 0) is 29.0 Å². The van der Waals surface area contributed by atoms with Crippen molar-refractivity contribution in [1.29, 1.82) is 0 Å². The molecular formula is C15H18N8O3. The average Bonchev–Trinajstić information content (AvgIpc) is 3.10. The molecule has 0 aliphatic rings. The summed E-state index contributed by atoms with van der Waals surface area (Å²) in [4.78, 5) is 31.4. The summed E-state index contributed by atoms with van der Waals surface area (Å²) in [5, 5.41) is 13.8. The fourth-order valence-corrected chi connectivity index (χ4v) is 2.16. The van der Waals surface area contributed by atoms with Gasteiger partial charge in [-0.15, -0.1) is 5.10 Å². The topological polar surface area (TPSA) is 142 Å². The van der Waals surface area contributed by atoms with Crippen LogP contribution in [0.3, 0.4) is 0 Å². The Morgan fingerprint density at radius 2 is 2.27 bits per heavy atom. The molecule has 0 radical (unpaired) electrons. The van der Waals surface area contributed by atoms with Crippen molar-refractivity contribution in [2.75, 3.05) is 19.4 Å². The second-order valence-corrected chi connectivity index (χ2v) is 5.26. The Labute approximate surface area is 149 Å². The van der Waals surface area contributed by atoms with Crippen LogP contribution in [0, 0.1) is 6.57 Å². The van der Waals surface area contributed by atoms with Gasteiger partial charge in [0.15, 0.2) is 5.82 Å². The summed E-state index contributed by atoms with van der Waals surface area (Å²) >= 11 is 0. The van der Waals surface area contributed by atoms with Crippen LogP contribution >= 0.6 is 0 Å². The first-order valence-corrected chi connectivity index (χ1v) is 7.73. The zero-order valence-electron chi connectivity index (χ0n) is 14.1. The molecule has 2 aromatic rings. The lowest BCUT2D eigenvalue weighted by atomic mass is 10.1. The number of esters is 1. The molecule has 3 N–H and O–H groups in total. The van der Waals surface area contributed by atoms with Gasteiger partial charge in [0.05, 0.1) is 19.0 Å². The molecule has 0 fully saturated rings. The Morgan fingerprint density at radius 1 is 1.46 bits per heavy atom. The molecule has 0 bridgehead atoms. The number of ether oxygens (including phenoxy) is 1. The molecule has 0 aliphatic carbocycles. The normalized spacial score (nSPS) is 11.4. The zero-order chi connectivity index (χ0) is 18.9. The van der Waals surface area contributed by atoms with Crippen molar-refractivity contribution < 1.29 is 14.3 Å². The molecule has 0 aliphatic heterocycles. The van der Waals surface area contributed by atoms with E-state index in [4.69, 9.17) is 17.0 Å². The Balaban J connectivity index is 2.02. The van der Waals surface area contributed by atoms with E-state index < -0.39 is 17.9 Å². The first-order chi connectivity index (χ1) is 12.5. The van der Waals surface area contributed by atoms with Crippen LogP contribution in [0.1, 0.15) is 22.7 Å². The first-order valence-electron chi connectivity index (χ1n) is 7.73. The fourth-order valence-electron chi connectivity index (χ4n) is 2.16. The molecule has 1 amide bonds. The number of nitrogens with zero attached hydrogens (tertiary/aromatic N) is 6.